The average molecular weight is 418 g/mol. The van der Waals surface area contributed by atoms with Crippen LogP contribution in [0.4, 0.5) is 17.1 Å². The van der Waals surface area contributed by atoms with Gasteiger partial charge in [0.05, 0.1) is 5.69 Å². The van der Waals surface area contributed by atoms with Crippen molar-refractivity contribution in [3.63, 3.8) is 0 Å². The number of rotatable bonds is 7. The third-order valence-electron chi connectivity index (χ3n) is 6.09. The van der Waals surface area contributed by atoms with Crippen LogP contribution >= 0.6 is 0 Å². The third-order valence-corrected chi connectivity index (χ3v) is 6.09. The maximum atomic E-state index is 3.83. The number of para-hydroxylation sites is 1. The average Bonchev–Trinajstić information content (AvgIpc) is 2.80. The van der Waals surface area contributed by atoms with Crippen LogP contribution in [0.3, 0.4) is 0 Å². The summed E-state index contributed by atoms with van der Waals surface area (Å²) in [7, 11) is 0. The van der Waals surface area contributed by atoms with Gasteiger partial charge in [0, 0.05) is 16.8 Å². The summed E-state index contributed by atoms with van der Waals surface area (Å²) in [4.78, 5) is 2.37. The summed E-state index contributed by atoms with van der Waals surface area (Å²) in [5, 5.41) is 2.50. The fourth-order valence-corrected chi connectivity index (χ4v) is 4.62. The van der Waals surface area contributed by atoms with Crippen LogP contribution < -0.4 is 4.90 Å². The van der Waals surface area contributed by atoms with Crippen LogP contribution in [0.5, 0.6) is 0 Å². The van der Waals surface area contributed by atoms with Gasteiger partial charge in [-0.05, 0) is 73.0 Å². The second-order valence-electron chi connectivity index (χ2n) is 8.56. The topological polar surface area (TPSA) is 3.24 Å². The quantitative estimate of drug-likeness (QED) is 0.271. The molecule has 1 nitrogen and oxygen atoms in total. The lowest BCUT2D eigenvalue weighted by atomic mass is 9.90. The molecule has 0 aliphatic heterocycles. The largest absolute Gasteiger partial charge is 0.310 e. The predicted molar refractivity (Wildman–Crippen MR) is 140 cm³/mol. The van der Waals surface area contributed by atoms with E-state index in [0.717, 1.165) is 12.1 Å². The highest BCUT2D eigenvalue weighted by Gasteiger charge is 2.17. The Kier molecular flexibility index (Phi) is 6.56. The SMILES string of the molecule is C=CC=C(C)CC(C)c1ccc(N(c2ccccc2)c2cccc3ccccc23)cc1C. The molecule has 4 rings (SSSR count). The fourth-order valence-electron chi connectivity index (χ4n) is 4.62. The molecular weight excluding hydrogens is 386 g/mol. The first-order chi connectivity index (χ1) is 15.6. The van der Waals surface area contributed by atoms with Gasteiger partial charge in [-0.2, -0.15) is 0 Å². The second kappa shape index (κ2) is 9.70. The van der Waals surface area contributed by atoms with Gasteiger partial charge in [0.1, 0.15) is 0 Å². The third kappa shape index (κ3) is 4.53. The lowest BCUT2D eigenvalue weighted by molar-refractivity contribution is 0.746. The summed E-state index contributed by atoms with van der Waals surface area (Å²) in [5.41, 5.74) is 7.61. The molecule has 4 aromatic carbocycles. The van der Waals surface area contributed by atoms with E-state index in [2.05, 4.69) is 129 Å². The summed E-state index contributed by atoms with van der Waals surface area (Å²) in [5.74, 6) is 0.461. The molecule has 0 bridgehead atoms. The molecule has 32 heavy (non-hydrogen) atoms. The number of hydrogen-bond donors (Lipinski definition) is 0. The minimum atomic E-state index is 0.461. The Hall–Kier alpha value is -3.58. The number of allylic oxidation sites excluding steroid dienone is 3. The zero-order chi connectivity index (χ0) is 22.5. The first-order valence-electron chi connectivity index (χ1n) is 11.3. The number of nitrogens with zero attached hydrogens (tertiary/aromatic N) is 1. The van der Waals surface area contributed by atoms with Gasteiger partial charge < -0.3 is 4.90 Å². The normalized spacial score (nSPS) is 12.5. The zero-order valence-corrected chi connectivity index (χ0v) is 19.3. The number of hydrogen-bond acceptors (Lipinski definition) is 1. The van der Waals surface area contributed by atoms with E-state index >= 15 is 0 Å². The molecule has 160 valence electrons. The Bertz CT molecular complexity index is 1240. The highest BCUT2D eigenvalue weighted by molar-refractivity contribution is 5.98. The summed E-state index contributed by atoms with van der Waals surface area (Å²) in [6.45, 7) is 10.5. The van der Waals surface area contributed by atoms with Crippen molar-refractivity contribution >= 4 is 27.8 Å². The maximum absolute atomic E-state index is 3.83. The Morgan fingerprint density at radius 2 is 1.59 bits per heavy atom. The Morgan fingerprint density at radius 1 is 0.875 bits per heavy atom. The van der Waals surface area contributed by atoms with Gasteiger partial charge >= 0.3 is 0 Å². The van der Waals surface area contributed by atoms with Crippen LogP contribution in [0.15, 0.2) is 115 Å². The smallest absolute Gasteiger partial charge is 0.0540 e. The minimum Gasteiger partial charge on any atom is -0.310 e. The fraction of sp³-hybridized carbons (Fsp3) is 0.161. The van der Waals surface area contributed by atoms with Gasteiger partial charge in [0.2, 0.25) is 0 Å². The van der Waals surface area contributed by atoms with Crippen molar-refractivity contribution in [2.45, 2.75) is 33.1 Å². The van der Waals surface area contributed by atoms with Crippen LogP contribution in [0.1, 0.15) is 37.3 Å². The highest BCUT2D eigenvalue weighted by Crippen LogP contribution is 2.40. The van der Waals surface area contributed by atoms with E-state index in [1.165, 1.54) is 38.8 Å². The molecule has 0 saturated carbocycles. The second-order valence-corrected chi connectivity index (χ2v) is 8.56. The van der Waals surface area contributed by atoms with Crippen molar-refractivity contribution in [3.8, 4) is 0 Å². The van der Waals surface area contributed by atoms with Crippen molar-refractivity contribution in [3.05, 3.63) is 126 Å². The first kappa shape index (κ1) is 21.6. The van der Waals surface area contributed by atoms with Crippen LogP contribution in [0.25, 0.3) is 10.8 Å². The summed E-state index contributed by atoms with van der Waals surface area (Å²) in [6, 6.07) is 32.7. The van der Waals surface area contributed by atoms with Crippen molar-refractivity contribution in [1.82, 2.24) is 0 Å². The standard InChI is InChI=1S/C31H31N/c1-5-12-23(2)21-24(3)29-20-19-28(22-25(29)4)32(27-15-7-6-8-16-27)31-18-11-14-26-13-9-10-17-30(26)31/h5-20,22,24H,1,21H2,2-4H3. The molecule has 0 N–H and O–H groups in total. The molecule has 0 aliphatic carbocycles. The molecule has 1 unspecified atom stereocenters. The number of anilines is 3. The van der Waals surface area contributed by atoms with E-state index in [4.69, 9.17) is 0 Å². The molecule has 0 aliphatic rings. The predicted octanol–water partition coefficient (Wildman–Crippen LogP) is 9.24. The van der Waals surface area contributed by atoms with Gasteiger partial charge in [0.15, 0.2) is 0 Å². The highest BCUT2D eigenvalue weighted by atomic mass is 15.1. The van der Waals surface area contributed by atoms with Crippen molar-refractivity contribution in [1.29, 1.82) is 0 Å². The lowest BCUT2D eigenvalue weighted by Crippen LogP contribution is -2.11. The van der Waals surface area contributed by atoms with Crippen LogP contribution in [-0.4, -0.2) is 0 Å². The lowest BCUT2D eigenvalue weighted by Gasteiger charge is -2.28. The van der Waals surface area contributed by atoms with E-state index in [1.54, 1.807) is 0 Å². The van der Waals surface area contributed by atoms with Crippen LogP contribution in [-0.2, 0) is 0 Å². The first-order valence-corrected chi connectivity index (χ1v) is 11.3. The molecule has 0 radical (unpaired) electrons. The molecule has 0 saturated heterocycles. The molecule has 0 heterocycles. The number of benzene rings is 4. The van der Waals surface area contributed by atoms with Crippen molar-refractivity contribution < 1.29 is 0 Å². The van der Waals surface area contributed by atoms with Crippen molar-refractivity contribution in [2.75, 3.05) is 4.90 Å². The van der Waals surface area contributed by atoms with E-state index in [-0.39, 0.29) is 0 Å². The van der Waals surface area contributed by atoms with Gasteiger partial charge in [-0.1, -0.05) is 91.9 Å². The number of fused-ring (bicyclic) bond motifs is 1. The molecular formula is C31H31N. The summed E-state index contributed by atoms with van der Waals surface area (Å²) >= 11 is 0. The van der Waals surface area contributed by atoms with E-state index < -0.39 is 0 Å². The van der Waals surface area contributed by atoms with Gasteiger partial charge in [-0.3, -0.25) is 0 Å². The van der Waals surface area contributed by atoms with E-state index in [0.29, 0.717) is 5.92 Å². The van der Waals surface area contributed by atoms with Gasteiger partial charge in [-0.25, -0.2) is 0 Å². The summed E-state index contributed by atoms with van der Waals surface area (Å²) < 4.78 is 0. The van der Waals surface area contributed by atoms with Crippen LogP contribution in [0.2, 0.25) is 0 Å². The van der Waals surface area contributed by atoms with Crippen LogP contribution in [0, 0.1) is 6.92 Å². The van der Waals surface area contributed by atoms with E-state index in [9.17, 15) is 0 Å². The Balaban J connectivity index is 1.80. The minimum absolute atomic E-state index is 0.461. The molecule has 0 aromatic heterocycles. The van der Waals surface area contributed by atoms with Gasteiger partial charge in [-0.15, -0.1) is 0 Å². The monoisotopic (exact) mass is 417 g/mol. The van der Waals surface area contributed by atoms with Crippen molar-refractivity contribution in [2.24, 2.45) is 0 Å². The molecule has 0 amide bonds. The molecule has 0 fully saturated rings. The summed E-state index contributed by atoms with van der Waals surface area (Å²) in [6.07, 6.45) is 5.02. The Labute approximate surface area is 192 Å². The molecule has 4 aromatic rings. The molecule has 1 heteroatoms. The molecule has 1 atom stereocenters. The van der Waals surface area contributed by atoms with Gasteiger partial charge in [0.25, 0.3) is 0 Å². The Morgan fingerprint density at radius 3 is 2.34 bits per heavy atom. The number of aryl methyl sites for hydroxylation is 1. The van der Waals surface area contributed by atoms with E-state index in [1.807, 2.05) is 6.08 Å². The molecule has 0 spiro atoms. The maximum Gasteiger partial charge on any atom is 0.0540 e. The zero-order valence-electron chi connectivity index (χ0n) is 19.3.